The van der Waals surface area contributed by atoms with Crippen LogP contribution < -0.4 is 10.6 Å². The first-order valence-electron chi connectivity index (χ1n) is 5.99. The van der Waals surface area contributed by atoms with Crippen LogP contribution in [0.3, 0.4) is 0 Å². The minimum absolute atomic E-state index is 0.118. The third kappa shape index (κ3) is 11.3. The molecule has 0 aliphatic heterocycles. The molecule has 2 N–H and O–H groups in total. The predicted octanol–water partition coefficient (Wildman–Crippen LogP) is 1.87. The van der Waals surface area contributed by atoms with Crippen molar-refractivity contribution in [1.29, 1.82) is 0 Å². The number of carbonyl (C=O) groups excluding carboxylic acids is 2. The Morgan fingerprint density at radius 1 is 1.00 bits per heavy atom. The molecular formula is C11H21ClN2O4. The molecule has 0 rings (SSSR count). The number of methoxy groups -OCH3 is 1. The molecule has 0 heterocycles. The lowest BCUT2D eigenvalue weighted by Crippen LogP contribution is -2.31. The predicted molar refractivity (Wildman–Crippen MR) is 68.9 cm³/mol. The minimum Gasteiger partial charge on any atom is -0.453 e. The number of hydrogen-bond donors (Lipinski definition) is 2. The van der Waals surface area contributed by atoms with E-state index in [1.165, 1.54) is 7.11 Å². The molecule has 18 heavy (non-hydrogen) atoms. The van der Waals surface area contributed by atoms with Crippen molar-refractivity contribution in [3.8, 4) is 0 Å². The molecule has 0 aliphatic rings. The number of carbonyl (C=O) groups is 2. The maximum absolute atomic E-state index is 11.1. The van der Waals surface area contributed by atoms with Crippen molar-refractivity contribution in [2.24, 2.45) is 0 Å². The molecule has 7 heteroatoms. The van der Waals surface area contributed by atoms with Crippen LogP contribution >= 0.6 is 11.6 Å². The zero-order valence-corrected chi connectivity index (χ0v) is 11.4. The molecule has 2 amide bonds. The molecule has 0 unspecified atom stereocenters. The summed E-state index contributed by atoms with van der Waals surface area (Å²) in [6.07, 6.45) is 3.01. The van der Waals surface area contributed by atoms with Gasteiger partial charge >= 0.3 is 12.2 Å². The number of nitrogens with one attached hydrogen (secondary N) is 2. The lowest BCUT2D eigenvalue weighted by molar-refractivity contribution is 0.140. The molecule has 0 saturated heterocycles. The van der Waals surface area contributed by atoms with Crippen LogP contribution in [0.15, 0.2) is 0 Å². The minimum atomic E-state index is -0.543. The van der Waals surface area contributed by atoms with Crippen LogP contribution in [0.2, 0.25) is 0 Å². The lowest BCUT2D eigenvalue weighted by atomic mass is 10.2. The van der Waals surface area contributed by atoms with E-state index in [2.05, 4.69) is 15.4 Å². The Hall–Kier alpha value is -1.17. The molecule has 106 valence electrons. The number of rotatable bonds is 9. The first-order chi connectivity index (χ1) is 8.70. The molecule has 0 aliphatic carbocycles. The van der Waals surface area contributed by atoms with Gasteiger partial charge in [-0.15, -0.1) is 11.6 Å². The number of alkyl halides is 1. The van der Waals surface area contributed by atoms with Gasteiger partial charge in [-0.3, -0.25) is 0 Å². The van der Waals surface area contributed by atoms with Crippen LogP contribution in [0.1, 0.15) is 25.7 Å². The van der Waals surface area contributed by atoms with Gasteiger partial charge in [0.25, 0.3) is 0 Å². The Bertz CT molecular complexity index is 239. The Morgan fingerprint density at radius 2 is 1.67 bits per heavy atom. The molecule has 0 aromatic rings. The smallest absolute Gasteiger partial charge is 0.407 e. The number of ether oxygens (including phenoxy) is 2. The quantitative estimate of drug-likeness (QED) is 0.499. The topological polar surface area (TPSA) is 76.7 Å². The highest BCUT2D eigenvalue weighted by molar-refractivity contribution is 6.17. The van der Waals surface area contributed by atoms with Crippen LogP contribution in [0.5, 0.6) is 0 Å². The molecule has 6 nitrogen and oxygen atoms in total. The SMILES string of the molecule is COC(=O)NCCOC(=O)NCCCCCCCl. The largest absolute Gasteiger partial charge is 0.453 e. The van der Waals surface area contributed by atoms with E-state index in [1.807, 2.05) is 0 Å². The van der Waals surface area contributed by atoms with Crippen LogP contribution in [-0.4, -0.2) is 44.9 Å². The second-order valence-electron chi connectivity index (χ2n) is 3.58. The summed E-state index contributed by atoms with van der Waals surface area (Å²) >= 11 is 5.54. The Balaban J connectivity index is 3.25. The van der Waals surface area contributed by atoms with Gasteiger partial charge in [-0.25, -0.2) is 9.59 Å². The first-order valence-corrected chi connectivity index (χ1v) is 6.52. The molecule has 0 bridgehead atoms. The fourth-order valence-electron chi connectivity index (χ4n) is 1.18. The van der Waals surface area contributed by atoms with Gasteiger partial charge in [0.1, 0.15) is 6.61 Å². The van der Waals surface area contributed by atoms with E-state index in [4.69, 9.17) is 16.3 Å². The fourth-order valence-corrected chi connectivity index (χ4v) is 1.37. The van der Waals surface area contributed by atoms with Crippen molar-refractivity contribution in [3.63, 3.8) is 0 Å². The van der Waals surface area contributed by atoms with Crippen LogP contribution in [-0.2, 0) is 9.47 Å². The summed E-state index contributed by atoms with van der Waals surface area (Å²) in [7, 11) is 1.27. The monoisotopic (exact) mass is 280 g/mol. The number of hydrogen-bond acceptors (Lipinski definition) is 4. The maximum atomic E-state index is 11.1. The summed E-state index contributed by atoms with van der Waals surface area (Å²) in [5.41, 5.74) is 0. The summed E-state index contributed by atoms with van der Waals surface area (Å²) in [6.45, 7) is 0.939. The Morgan fingerprint density at radius 3 is 2.33 bits per heavy atom. The van der Waals surface area contributed by atoms with Crippen molar-refractivity contribution in [2.75, 3.05) is 32.7 Å². The third-order valence-electron chi connectivity index (χ3n) is 2.12. The van der Waals surface area contributed by atoms with Gasteiger partial charge < -0.3 is 20.1 Å². The summed E-state index contributed by atoms with van der Waals surface area (Å²) in [6, 6.07) is 0. The highest BCUT2D eigenvalue weighted by Gasteiger charge is 2.02. The molecule has 0 atom stereocenters. The van der Waals surface area contributed by atoms with E-state index >= 15 is 0 Å². The van der Waals surface area contributed by atoms with Crippen molar-refractivity contribution >= 4 is 23.8 Å². The highest BCUT2D eigenvalue weighted by Crippen LogP contribution is 1.99. The molecule has 0 aromatic heterocycles. The Kier molecular flexibility index (Phi) is 11.5. The zero-order chi connectivity index (χ0) is 13.6. The van der Waals surface area contributed by atoms with E-state index in [0.29, 0.717) is 12.4 Å². The van der Waals surface area contributed by atoms with E-state index in [1.54, 1.807) is 0 Å². The third-order valence-corrected chi connectivity index (χ3v) is 2.39. The van der Waals surface area contributed by atoms with Gasteiger partial charge in [0, 0.05) is 12.4 Å². The van der Waals surface area contributed by atoms with Crippen LogP contribution in [0, 0.1) is 0 Å². The first kappa shape index (κ1) is 16.8. The number of unbranched alkanes of at least 4 members (excludes halogenated alkanes) is 3. The zero-order valence-electron chi connectivity index (χ0n) is 10.7. The highest BCUT2D eigenvalue weighted by atomic mass is 35.5. The van der Waals surface area contributed by atoms with Crippen molar-refractivity contribution < 1.29 is 19.1 Å². The normalized spacial score (nSPS) is 9.67. The molecule has 0 radical (unpaired) electrons. The molecule has 0 aromatic carbocycles. The molecule has 0 spiro atoms. The van der Waals surface area contributed by atoms with Gasteiger partial charge in [-0.05, 0) is 12.8 Å². The van der Waals surface area contributed by atoms with Gasteiger partial charge in [0.2, 0.25) is 0 Å². The average Bonchev–Trinajstić information content (AvgIpc) is 2.38. The van der Waals surface area contributed by atoms with E-state index in [-0.39, 0.29) is 13.2 Å². The average molecular weight is 281 g/mol. The second-order valence-corrected chi connectivity index (χ2v) is 3.96. The summed E-state index contributed by atoms with van der Waals surface area (Å²) in [4.78, 5) is 21.8. The van der Waals surface area contributed by atoms with E-state index < -0.39 is 12.2 Å². The van der Waals surface area contributed by atoms with E-state index in [9.17, 15) is 9.59 Å². The van der Waals surface area contributed by atoms with Crippen LogP contribution in [0.25, 0.3) is 0 Å². The fraction of sp³-hybridized carbons (Fsp3) is 0.818. The van der Waals surface area contributed by atoms with Crippen molar-refractivity contribution in [3.05, 3.63) is 0 Å². The van der Waals surface area contributed by atoms with E-state index in [0.717, 1.165) is 25.7 Å². The maximum Gasteiger partial charge on any atom is 0.407 e. The lowest BCUT2D eigenvalue weighted by Gasteiger charge is -2.07. The van der Waals surface area contributed by atoms with Gasteiger partial charge in [-0.1, -0.05) is 12.8 Å². The van der Waals surface area contributed by atoms with Gasteiger partial charge in [-0.2, -0.15) is 0 Å². The molecular weight excluding hydrogens is 260 g/mol. The summed E-state index contributed by atoms with van der Waals surface area (Å²) in [5.74, 6) is 0.683. The summed E-state index contributed by atoms with van der Waals surface area (Å²) < 4.78 is 9.18. The Labute approximate surface area is 112 Å². The van der Waals surface area contributed by atoms with Crippen molar-refractivity contribution in [1.82, 2.24) is 10.6 Å². The van der Waals surface area contributed by atoms with Gasteiger partial charge in [0.15, 0.2) is 0 Å². The second kappa shape index (κ2) is 12.3. The molecule has 0 fully saturated rings. The summed E-state index contributed by atoms with van der Waals surface area (Å²) in [5, 5.41) is 5.02. The standard InChI is InChI=1S/C11H21ClN2O4/c1-17-10(15)14-8-9-18-11(16)13-7-5-3-2-4-6-12/h2-9H2,1H3,(H,13,16)(H,14,15). The number of halogens is 1. The van der Waals surface area contributed by atoms with Gasteiger partial charge in [0.05, 0.1) is 13.7 Å². The number of alkyl carbamates (subject to hydrolysis) is 2. The number of amides is 2. The molecule has 0 saturated carbocycles. The van der Waals surface area contributed by atoms with Crippen molar-refractivity contribution in [2.45, 2.75) is 25.7 Å². The van der Waals surface area contributed by atoms with Crippen LogP contribution in [0.4, 0.5) is 9.59 Å².